The average Bonchev–Trinajstić information content (AvgIpc) is 2.84. The monoisotopic (exact) mass is 261 g/mol. The topological polar surface area (TPSA) is 37.3 Å². The fourth-order valence-electron chi connectivity index (χ4n) is 2.72. The highest BCUT2D eigenvalue weighted by molar-refractivity contribution is 8.14. The van der Waals surface area contributed by atoms with Gasteiger partial charge in [0.25, 0.3) is 0 Å². The fraction of sp³-hybridized carbons (Fsp3) is 0.571. The molecule has 1 aliphatic carbocycles. The normalized spacial score (nSPS) is 21.9. The quantitative estimate of drug-likeness (QED) is 0.841. The van der Waals surface area contributed by atoms with E-state index in [0.717, 1.165) is 23.1 Å². The highest BCUT2D eigenvalue weighted by Crippen LogP contribution is 2.43. The Balaban J connectivity index is 1.64. The molecular weight excluding hydrogens is 242 g/mol. The van der Waals surface area contributed by atoms with Gasteiger partial charge in [0.05, 0.1) is 11.9 Å². The molecule has 3 rings (SSSR count). The Morgan fingerprint density at radius 1 is 1.28 bits per heavy atom. The summed E-state index contributed by atoms with van der Waals surface area (Å²) in [7, 11) is 0. The molecule has 3 nitrogen and oxygen atoms in total. The molecule has 1 aromatic rings. The van der Waals surface area contributed by atoms with Crippen LogP contribution in [-0.4, -0.2) is 22.4 Å². The zero-order chi connectivity index (χ0) is 12.4. The SMILES string of the molecule is Cc1ccc(NC2=NCC3(CCCC3)CS2)cn1. The summed E-state index contributed by atoms with van der Waals surface area (Å²) >= 11 is 1.87. The number of anilines is 1. The summed E-state index contributed by atoms with van der Waals surface area (Å²) in [5.41, 5.74) is 2.60. The van der Waals surface area contributed by atoms with Gasteiger partial charge >= 0.3 is 0 Å². The third-order valence-corrected chi connectivity index (χ3v) is 5.16. The van der Waals surface area contributed by atoms with Gasteiger partial charge in [-0.05, 0) is 37.3 Å². The van der Waals surface area contributed by atoms with E-state index in [4.69, 9.17) is 4.99 Å². The number of aryl methyl sites for hydroxylation is 1. The summed E-state index contributed by atoms with van der Waals surface area (Å²) in [4.78, 5) is 9.01. The van der Waals surface area contributed by atoms with Crippen molar-refractivity contribution in [3.8, 4) is 0 Å². The van der Waals surface area contributed by atoms with Gasteiger partial charge in [-0.2, -0.15) is 0 Å². The molecule has 2 heterocycles. The van der Waals surface area contributed by atoms with Gasteiger partial charge in [0.15, 0.2) is 5.17 Å². The summed E-state index contributed by atoms with van der Waals surface area (Å²) in [5, 5.41) is 4.42. The number of aromatic nitrogens is 1. The lowest BCUT2D eigenvalue weighted by molar-refractivity contribution is 0.359. The van der Waals surface area contributed by atoms with E-state index < -0.39 is 0 Å². The zero-order valence-corrected chi connectivity index (χ0v) is 11.6. The predicted molar refractivity (Wildman–Crippen MR) is 78.3 cm³/mol. The Morgan fingerprint density at radius 3 is 2.72 bits per heavy atom. The molecule has 0 bridgehead atoms. The third-order valence-electron chi connectivity index (χ3n) is 3.90. The highest BCUT2D eigenvalue weighted by atomic mass is 32.2. The molecule has 0 saturated heterocycles. The standard InChI is InChI=1S/C14H19N3S/c1-11-4-5-12(8-15-11)17-13-16-9-14(10-18-13)6-2-3-7-14/h4-5,8H,2-3,6-7,9-10H2,1H3,(H,16,17). The highest BCUT2D eigenvalue weighted by Gasteiger charge is 2.36. The van der Waals surface area contributed by atoms with Gasteiger partial charge < -0.3 is 5.32 Å². The Labute approximate surface area is 112 Å². The first-order valence-corrected chi connectivity index (χ1v) is 7.61. The second-order valence-electron chi connectivity index (χ2n) is 5.43. The van der Waals surface area contributed by atoms with E-state index in [0.29, 0.717) is 5.41 Å². The lowest BCUT2D eigenvalue weighted by Crippen LogP contribution is -2.30. The van der Waals surface area contributed by atoms with Crippen LogP contribution in [0.3, 0.4) is 0 Å². The summed E-state index contributed by atoms with van der Waals surface area (Å²) < 4.78 is 0. The van der Waals surface area contributed by atoms with Crippen molar-refractivity contribution in [2.24, 2.45) is 10.4 Å². The number of hydrogen-bond donors (Lipinski definition) is 1. The molecule has 1 spiro atoms. The van der Waals surface area contributed by atoms with Crippen LogP contribution in [0.4, 0.5) is 5.69 Å². The van der Waals surface area contributed by atoms with Crippen LogP contribution in [-0.2, 0) is 0 Å². The van der Waals surface area contributed by atoms with Crippen molar-refractivity contribution in [1.29, 1.82) is 0 Å². The summed E-state index contributed by atoms with van der Waals surface area (Å²) in [5.74, 6) is 1.22. The number of hydrogen-bond acceptors (Lipinski definition) is 4. The van der Waals surface area contributed by atoms with Crippen molar-refractivity contribution >= 4 is 22.6 Å². The smallest absolute Gasteiger partial charge is 0.161 e. The molecule has 0 radical (unpaired) electrons. The Bertz CT molecular complexity index is 447. The first kappa shape index (κ1) is 12.0. The number of aliphatic imine (C=N–C) groups is 1. The molecule has 1 fully saturated rings. The maximum absolute atomic E-state index is 4.72. The van der Waals surface area contributed by atoms with Crippen LogP contribution in [0, 0.1) is 12.3 Å². The molecule has 1 N–H and O–H groups in total. The predicted octanol–water partition coefficient (Wildman–Crippen LogP) is 3.47. The maximum atomic E-state index is 4.72. The van der Waals surface area contributed by atoms with Crippen molar-refractivity contribution in [2.75, 3.05) is 17.6 Å². The summed E-state index contributed by atoms with van der Waals surface area (Å²) in [6.07, 6.45) is 7.38. The first-order valence-electron chi connectivity index (χ1n) is 6.63. The van der Waals surface area contributed by atoms with Crippen molar-refractivity contribution < 1.29 is 0 Å². The second kappa shape index (κ2) is 4.92. The average molecular weight is 261 g/mol. The summed E-state index contributed by atoms with van der Waals surface area (Å²) in [6.45, 7) is 3.00. The van der Waals surface area contributed by atoms with Crippen LogP contribution in [0.25, 0.3) is 0 Å². The number of nitrogens with zero attached hydrogens (tertiary/aromatic N) is 2. The molecular formula is C14H19N3S. The molecule has 96 valence electrons. The van der Waals surface area contributed by atoms with Crippen molar-refractivity contribution in [3.05, 3.63) is 24.0 Å². The number of rotatable bonds is 1. The molecule has 1 aliphatic heterocycles. The second-order valence-corrected chi connectivity index (χ2v) is 6.39. The van der Waals surface area contributed by atoms with E-state index >= 15 is 0 Å². The van der Waals surface area contributed by atoms with Crippen LogP contribution in [0.15, 0.2) is 23.3 Å². The van der Waals surface area contributed by atoms with E-state index in [1.165, 1.54) is 31.4 Å². The number of pyridine rings is 1. The molecule has 2 aliphatic rings. The molecule has 4 heteroatoms. The van der Waals surface area contributed by atoms with Gasteiger partial charge in [-0.3, -0.25) is 9.98 Å². The van der Waals surface area contributed by atoms with Crippen molar-refractivity contribution in [3.63, 3.8) is 0 Å². The van der Waals surface area contributed by atoms with E-state index in [1.54, 1.807) is 0 Å². The molecule has 0 aromatic carbocycles. The van der Waals surface area contributed by atoms with Gasteiger partial charge in [0.1, 0.15) is 0 Å². The first-order chi connectivity index (χ1) is 8.76. The fourth-order valence-corrected chi connectivity index (χ4v) is 3.89. The van der Waals surface area contributed by atoms with Crippen molar-refractivity contribution in [2.45, 2.75) is 32.6 Å². The molecule has 0 unspecified atom stereocenters. The number of nitrogens with one attached hydrogen (secondary N) is 1. The molecule has 0 amide bonds. The third kappa shape index (κ3) is 2.53. The van der Waals surface area contributed by atoms with E-state index in [1.807, 2.05) is 30.9 Å². The van der Waals surface area contributed by atoms with Crippen LogP contribution in [0.1, 0.15) is 31.4 Å². The van der Waals surface area contributed by atoms with Gasteiger partial charge in [-0.25, -0.2) is 0 Å². The minimum atomic E-state index is 0.515. The van der Waals surface area contributed by atoms with Gasteiger partial charge in [-0.1, -0.05) is 24.6 Å². The van der Waals surface area contributed by atoms with Crippen LogP contribution in [0.5, 0.6) is 0 Å². The van der Waals surface area contributed by atoms with E-state index in [-0.39, 0.29) is 0 Å². The Hall–Kier alpha value is -1.03. The molecule has 1 aromatic heterocycles. The van der Waals surface area contributed by atoms with Gasteiger partial charge in [0.2, 0.25) is 0 Å². The van der Waals surface area contributed by atoms with Crippen LogP contribution < -0.4 is 5.32 Å². The largest absolute Gasteiger partial charge is 0.334 e. The van der Waals surface area contributed by atoms with Crippen molar-refractivity contribution in [1.82, 2.24) is 4.98 Å². The zero-order valence-electron chi connectivity index (χ0n) is 10.8. The molecule has 0 atom stereocenters. The van der Waals surface area contributed by atoms with Gasteiger partial charge in [-0.15, -0.1) is 0 Å². The Kier molecular flexibility index (Phi) is 3.29. The Morgan fingerprint density at radius 2 is 2.11 bits per heavy atom. The van der Waals surface area contributed by atoms with E-state index in [2.05, 4.69) is 16.4 Å². The lowest BCUT2D eigenvalue weighted by Gasteiger charge is -2.31. The molecule has 1 saturated carbocycles. The lowest BCUT2D eigenvalue weighted by atomic mass is 9.89. The molecule has 18 heavy (non-hydrogen) atoms. The van der Waals surface area contributed by atoms with Gasteiger partial charge in [0, 0.05) is 18.0 Å². The maximum Gasteiger partial charge on any atom is 0.161 e. The van der Waals surface area contributed by atoms with E-state index in [9.17, 15) is 0 Å². The van der Waals surface area contributed by atoms with Crippen LogP contribution in [0.2, 0.25) is 0 Å². The minimum Gasteiger partial charge on any atom is -0.334 e. The van der Waals surface area contributed by atoms with Crippen LogP contribution >= 0.6 is 11.8 Å². The summed E-state index contributed by atoms with van der Waals surface area (Å²) in [6, 6.07) is 4.08. The minimum absolute atomic E-state index is 0.515. The number of thioether (sulfide) groups is 1. The number of amidine groups is 1.